The summed E-state index contributed by atoms with van der Waals surface area (Å²) >= 11 is 5.55. The van der Waals surface area contributed by atoms with Crippen molar-refractivity contribution in [3.8, 4) is 0 Å². The number of aromatic carboxylic acids is 1. The zero-order chi connectivity index (χ0) is 13.8. The van der Waals surface area contributed by atoms with E-state index in [0.717, 1.165) is 0 Å². The van der Waals surface area contributed by atoms with Crippen molar-refractivity contribution < 1.29 is 19.1 Å². The summed E-state index contributed by atoms with van der Waals surface area (Å²) in [6, 6.07) is 2.95. The standard InChI is InChI=1S/C11H10ClN3O4/c12-9-2-1-8(19-9)10(16)13-3-4-15-5-7(11(17)18)14-6-15/h1-2,5-6H,3-4H2,(H,13,16)(H,17,18). The Morgan fingerprint density at radius 2 is 2.26 bits per heavy atom. The van der Waals surface area contributed by atoms with E-state index >= 15 is 0 Å². The second kappa shape index (κ2) is 5.57. The summed E-state index contributed by atoms with van der Waals surface area (Å²) in [6.45, 7) is 0.715. The van der Waals surface area contributed by atoms with Crippen molar-refractivity contribution >= 4 is 23.5 Å². The Morgan fingerprint density at radius 1 is 1.47 bits per heavy atom. The molecule has 8 heteroatoms. The molecular weight excluding hydrogens is 274 g/mol. The molecule has 7 nitrogen and oxygen atoms in total. The Bertz CT molecular complexity index is 605. The minimum Gasteiger partial charge on any atom is -0.476 e. The number of hydrogen-bond acceptors (Lipinski definition) is 4. The lowest BCUT2D eigenvalue weighted by molar-refractivity contribution is 0.0690. The molecule has 0 radical (unpaired) electrons. The number of nitrogens with zero attached hydrogens (tertiary/aromatic N) is 2. The van der Waals surface area contributed by atoms with Crippen LogP contribution in [0.5, 0.6) is 0 Å². The normalized spacial score (nSPS) is 10.4. The molecule has 1 amide bonds. The molecule has 19 heavy (non-hydrogen) atoms. The molecule has 0 fully saturated rings. The van der Waals surface area contributed by atoms with Crippen molar-refractivity contribution in [2.75, 3.05) is 6.54 Å². The van der Waals surface area contributed by atoms with Gasteiger partial charge in [0.15, 0.2) is 16.7 Å². The number of hydrogen-bond donors (Lipinski definition) is 2. The number of rotatable bonds is 5. The van der Waals surface area contributed by atoms with E-state index in [-0.39, 0.29) is 22.6 Å². The van der Waals surface area contributed by atoms with Crippen LogP contribution in [0, 0.1) is 0 Å². The molecule has 0 aliphatic heterocycles. The molecule has 0 aromatic carbocycles. The fraction of sp³-hybridized carbons (Fsp3) is 0.182. The van der Waals surface area contributed by atoms with Gasteiger partial charge in [-0.1, -0.05) is 0 Å². The summed E-state index contributed by atoms with van der Waals surface area (Å²) < 4.78 is 6.51. The molecule has 100 valence electrons. The first-order chi connectivity index (χ1) is 9.06. The zero-order valence-corrected chi connectivity index (χ0v) is 10.4. The molecule has 2 N–H and O–H groups in total. The average molecular weight is 284 g/mol. The highest BCUT2D eigenvalue weighted by molar-refractivity contribution is 6.29. The summed E-state index contributed by atoms with van der Waals surface area (Å²) in [4.78, 5) is 25.9. The van der Waals surface area contributed by atoms with Crippen LogP contribution < -0.4 is 5.32 Å². The predicted octanol–water partition coefficient (Wildman–Crippen LogP) is 1.26. The molecule has 2 heterocycles. The number of carboxylic acids is 1. The van der Waals surface area contributed by atoms with E-state index in [1.165, 1.54) is 24.7 Å². The number of amides is 1. The quantitative estimate of drug-likeness (QED) is 0.861. The van der Waals surface area contributed by atoms with E-state index in [1.54, 1.807) is 4.57 Å². The van der Waals surface area contributed by atoms with Crippen LogP contribution in [0.2, 0.25) is 5.22 Å². The highest BCUT2D eigenvalue weighted by atomic mass is 35.5. The number of aromatic nitrogens is 2. The van der Waals surface area contributed by atoms with E-state index < -0.39 is 5.97 Å². The molecule has 2 aromatic heterocycles. The third-order valence-corrected chi connectivity index (χ3v) is 2.51. The molecule has 2 rings (SSSR count). The van der Waals surface area contributed by atoms with Crippen LogP contribution in [-0.2, 0) is 6.54 Å². The van der Waals surface area contributed by atoms with Gasteiger partial charge in [-0.2, -0.15) is 0 Å². The highest BCUT2D eigenvalue weighted by Gasteiger charge is 2.10. The van der Waals surface area contributed by atoms with Crippen LogP contribution in [0.25, 0.3) is 0 Å². The van der Waals surface area contributed by atoms with Crippen LogP contribution in [0.3, 0.4) is 0 Å². The second-order valence-corrected chi connectivity index (χ2v) is 4.03. The Kier molecular flexibility index (Phi) is 3.86. The number of carbonyl (C=O) groups is 2. The SMILES string of the molecule is O=C(O)c1cn(CCNC(=O)c2ccc(Cl)o2)cn1. The monoisotopic (exact) mass is 283 g/mol. The number of carbonyl (C=O) groups excluding carboxylic acids is 1. The van der Waals surface area contributed by atoms with E-state index in [4.69, 9.17) is 21.1 Å². The smallest absolute Gasteiger partial charge is 0.356 e. The van der Waals surface area contributed by atoms with Crippen LogP contribution in [0.1, 0.15) is 21.0 Å². The van der Waals surface area contributed by atoms with Crippen LogP contribution in [-0.4, -0.2) is 33.1 Å². The van der Waals surface area contributed by atoms with Crippen molar-refractivity contribution in [2.24, 2.45) is 0 Å². The van der Waals surface area contributed by atoms with Crippen LogP contribution >= 0.6 is 11.6 Å². The lowest BCUT2D eigenvalue weighted by atomic mass is 10.4. The van der Waals surface area contributed by atoms with Gasteiger partial charge < -0.3 is 19.4 Å². The molecule has 0 aliphatic carbocycles. The lowest BCUT2D eigenvalue weighted by Gasteiger charge is -2.03. The Labute approximate surface area is 112 Å². The highest BCUT2D eigenvalue weighted by Crippen LogP contribution is 2.12. The van der Waals surface area contributed by atoms with Gasteiger partial charge in [0.1, 0.15) is 0 Å². The first-order valence-corrected chi connectivity index (χ1v) is 5.72. The Balaban J connectivity index is 1.83. The summed E-state index contributed by atoms with van der Waals surface area (Å²) in [5.41, 5.74) is -0.0378. The first-order valence-electron chi connectivity index (χ1n) is 5.35. The summed E-state index contributed by atoms with van der Waals surface area (Å²) in [5.74, 6) is -1.35. The lowest BCUT2D eigenvalue weighted by Crippen LogP contribution is -2.26. The van der Waals surface area contributed by atoms with Gasteiger partial charge in [-0.3, -0.25) is 4.79 Å². The van der Waals surface area contributed by atoms with E-state index in [0.29, 0.717) is 13.1 Å². The molecule has 0 saturated heterocycles. The van der Waals surface area contributed by atoms with E-state index in [1.807, 2.05) is 0 Å². The number of imidazole rings is 1. The molecular formula is C11H10ClN3O4. The largest absolute Gasteiger partial charge is 0.476 e. The van der Waals surface area contributed by atoms with Crippen molar-refractivity contribution in [1.29, 1.82) is 0 Å². The second-order valence-electron chi connectivity index (χ2n) is 3.66. The third-order valence-electron chi connectivity index (χ3n) is 2.30. The molecule has 0 aliphatic rings. The fourth-order valence-corrected chi connectivity index (χ4v) is 1.56. The Morgan fingerprint density at radius 3 is 2.84 bits per heavy atom. The minimum atomic E-state index is -1.09. The molecule has 0 unspecified atom stereocenters. The summed E-state index contributed by atoms with van der Waals surface area (Å²) in [5, 5.41) is 11.4. The number of halogens is 1. The van der Waals surface area contributed by atoms with Gasteiger partial charge in [0.25, 0.3) is 5.91 Å². The maximum atomic E-state index is 11.6. The fourth-order valence-electron chi connectivity index (χ4n) is 1.41. The van der Waals surface area contributed by atoms with Crippen molar-refractivity contribution in [3.63, 3.8) is 0 Å². The summed E-state index contributed by atoms with van der Waals surface area (Å²) in [7, 11) is 0. The maximum absolute atomic E-state index is 11.6. The average Bonchev–Trinajstić information content (AvgIpc) is 2.98. The topological polar surface area (TPSA) is 97.4 Å². The molecule has 0 spiro atoms. The van der Waals surface area contributed by atoms with Gasteiger partial charge in [0.05, 0.1) is 6.33 Å². The first kappa shape index (κ1) is 13.2. The van der Waals surface area contributed by atoms with Crippen LogP contribution in [0.15, 0.2) is 29.1 Å². The van der Waals surface area contributed by atoms with Crippen molar-refractivity contribution in [1.82, 2.24) is 14.9 Å². The van der Waals surface area contributed by atoms with Gasteiger partial charge in [-0.05, 0) is 23.7 Å². The van der Waals surface area contributed by atoms with Gasteiger partial charge in [-0.15, -0.1) is 0 Å². The zero-order valence-electron chi connectivity index (χ0n) is 9.67. The molecule has 2 aromatic rings. The molecule has 0 atom stereocenters. The third kappa shape index (κ3) is 3.35. The molecule has 0 bridgehead atoms. The van der Waals surface area contributed by atoms with Gasteiger partial charge >= 0.3 is 5.97 Å². The van der Waals surface area contributed by atoms with Gasteiger partial charge in [0.2, 0.25) is 0 Å². The maximum Gasteiger partial charge on any atom is 0.356 e. The van der Waals surface area contributed by atoms with Crippen LogP contribution in [0.4, 0.5) is 0 Å². The van der Waals surface area contributed by atoms with E-state index in [9.17, 15) is 9.59 Å². The van der Waals surface area contributed by atoms with Crippen molar-refractivity contribution in [3.05, 3.63) is 41.3 Å². The number of furan rings is 1. The van der Waals surface area contributed by atoms with Gasteiger partial charge in [0, 0.05) is 19.3 Å². The van der Waals surface area contributed by atoms with Gasteiger partial charge in [-0.25, -0.2) is 9.78 Å². The number of carboxylic acid groups (broad SMARTS) is 1. The van der Waals surface area contributed by atoms with E-state index in [2.05, 4.69) is 10.3 Å². The predicted molar refractivity (Wildman–Crippen MR) is 65.2 cm³/mol. The van der Waals surface area contributed by atoms with Crippen molar-refractivity contribution in [2.45, 2.75) is 6.54 Å². The minimum absolute atomic E-state index is 0.0378. The summed E-state index contributed by atoms with van der Waals surface area (Å²) in [6.07, 6.45) is 2.78. The number of nitrogens with one attached hydrogen (secondary N) is 1. The Hall–Kier alpha value is -2.28. The molecule has 0 saturated carbocycles.